The summed E-state index contributed by atoms with van der Waals surface area (Å²) in [7, 11) is -2.27. The molecule has 5 heteroatoms. The molecule has 2 aromatic carbocycles. The van der Waals surface area contributed by atoms with Gasteiger partial charge in [0, 0.05) is 10.2 Å². The van der Waals surface area contributed by atoms with Crippen molar-refractivity contribution in [3.05, 3.63) is 70.1 Å². The number of hydrogen-bond donors (Lipinski definition) is 0. The maximum atomic E-state index is 14.3. The highest BCUT2D eigenvalue weighted by Crippen LogP contribution is 2.52. The third-order valence-corrected chi connectivity index (χ3v) is 14.5. The van der Waals surface area contributed by atoms with Crippen molar-refractivity contribution in [1.82, 2.24) is 0 Å². The first kappa shape index (κ1) is 22.8. The monoisotopic (exact) mass is 443 g/mol. The third-order valence-electron chi connectivity index (χ3n) is 6.63. The van der Waals surface area contributed by atoms with E-state index < -0.39 is 8.07 Å². The van der Waals surface area contributed by atoms with Crippen LogP contribution in [0.2, 0.25) is 16.6 Å². The van der Waals surface area contributed by atoms with Gasteiger partial charge in [-0.3, -0.25) is 4.79 Å². The molecule has 0 saturated heterocycles. The minimum atomic E-state index is -2.27. The van der Waals surface area contributed by atoms with E-state index in [9.17, 15) is 9.18 Å². The lowest BCUT2D eigenvalue weighted by atomic mass is 10.1. The lowest BCUT2D eigenvalue weighted by Crippen LogP contribution is -2.46. The SMILES string of the molecule is CC(C)[Si](/C(Cl)=C1\C(=O)N(Cc2ccccc2)c2ccc(F)cc21)(C(C)C)C(C)C. The molecule has 0 aromatic heterocycles. The van der Waals surface area contributed by atoms with Gasteiger partial charge in [0.15, 0.2) is 0 Å². The first-order valence-electron chi connectivity index (χ1n) is 10.7. The van der Waals surface area contributed by atoms with Gasteiger partial charge in [-0.1, -0.05) is 83.5 Å². The van der Waals surface area contributed by atoms with E-state index in [0.29, 0.717) is 39.0 Å². The van der Waals surface area contributed by atoms with E-state index in [4.69, 9.17) is 11.6 Å². The van der Waals surface area contributed by atoms with E-state index >= 15 is 0 Å². The Kier molecular flexibility index (Phi) is 6.59. The van der Waals surface area contributed by atoms with Crippen LogP contribution in [0.25, 0.3) is 5.57 Å². The Morgan fingerprint density at radius 3 is 2.07 bits per heavy atom. The van der Waals surface area contributed by atoms with E-state index in [0.717, 1.165) is 11.3 Å². The van der Waals surface area contributed by atoms with Gasteiger partial charge in [-0.15, -0.1) is 0 Å². The predicted octanol–water partition coefficient (Wildman–Crippen LogP) is 7.54. The molecule has 1 amide bonds. The molecule has 0 unspecified atom stereocenters. The third kappa shape index (κ3) is 3.65. The highest BCUT2D eigenvalue weighted by molar-refractivity contribution is 6.98. The summed E-state index contributed by atoms with van der Waals surface area (Å²) in [6.07, 6.45) is 0. The van der Waals surface area contributed by atoms with Crippen LogP contribution in [0.3, 0.4) is 0 Å². The molecule has 160 valence electrons. The molecule has 0 N–H and O–H groups in total. The molecule has 1 heterocycles. The maximum absolute atomic E-state index is 14.3. The number of anilines is 1. The minimum Gasteiger partial charge on any atom is -0.303 e. The molecule has 2 nitrogen and oxygen atoms in total. The van der Waals surface area contributed by atoms with Crippen LogP contribution >= 0.6 is 11.6 Å². The largest absolute Gasteiger partial charge is 0.303 e. The van der Waals surface area contributed by atoms with Gasteiger partial charge in [0.1, 0.15) is 13.9 Å². The summed E-state index contributed by atoms with van der Waals surface area (Å²) in [5.41, 5.74) is 3.95. The molecule has 3 rings (SSSR count). The standard InChI is InChI=1S/C25H31ClFNOSi/c1-16(2)30(17(3)4,18(5)6)24(26)23-21-14-20(27)12-13-22(21)28(25(23)29)15-19-10-8-7-9-11-19/h7-14,16-18H,15H2,1-6H3/b24-23-. The molecule has 0 fully saturated rings. The summed E-state index contributed by atoms with van der Waals surface area (Å²) in [6.45, 7) is 13.7. The summed E-state index contributed by atoms with van der Waals surface area (Å²) in [6, 6.07) is 14.4. The van der Waals surface area contributed by atoms with Crippen molar-refractivity contribution in [1.29, 1.82) is 0 Å². The fourth-order valence-corrected chi connectivity index (χ4v) is 13.8. The van der Waals surface area contributed by atoms with Crippen LogP contribution in [0.1, 0.15) is 52.7 Å². The lowest BCUT2D eigenvalue weighted by Gasteiger charge is -2.43. The molecule has 1 aliphatic rings. The van der Waals surface area contributed by atoms with Crippen molar-refractivity contribution in [2.45, 2.75) is 64.7 Å². The quantitative estimate of drug-likeness (QED) is 0.333. The summed E-state index contributed by atoms with van der Waals surface area (Å²) in [5, 5.41) is 0. The highest BCUT2D eigenvalue weighted by Gasteiger charge is 2.49. The summed E-state index contributed by atoms with van der Waals surface area (Å²) >= 11 is 7.21. The predicted molar refractivity (Wildman–Crippen MR) is 128 cm³/mol. The number of fused-ring (bicyclic) bond motifs is 1. The van der Waals surface area contributed by atoms with Crippen molar-refractivity contribution < 1.29 is 9.18 Å². The van der Waals surface area contributed by atoms with Crippen LogP contribution < -0.4 is 4.90 Å². The van der Waals surface area contributed by atoms with Gasteiger partial charge in [-0.2, -0.15) is 0 Å². The van der Waals surface area contributed by atoms with Crippen LogP contribution in [-0.2, 0) is 11.3 Å². The fraction of sp³-hybridized carbons (Fsp3) is 0.400. The summed E-state index contributed by atoms with van der Waals surface area (Å²) in [4.78, 5) is 15.5. The average molecular weight is 444 g/mol. The van der Waals surface area contributed by atoms with Crippen LogP contribution in [0, 0.1) is 5.82 Å². The van der Waals surface area contributed by atoms with Gasteiger partial charge < -0.3 is 4.90 Å². The van der Waals surface area contributed by atoms with Crippen molar-refractivity contribution in [3.63, 3.8) is 0 Å². The number of amides is 1. The number of benzene rings is 2. The van der Waals surface area contributed by atoms with Crippen molar-refractivity contribution in [3.8, 4) is 0 Å². The summed E-state index contributed by atoms with van der Waals surface area (Å²) in [5.74, 6) is -0.473. The summed E-state index contributed by atoms with van der Waals surface area (Å²) < 4.78 is 15.0. The Balaban J connectivity index is 2.24. The molecule has 0 atom stereocenters. The number of nitrogens with zero attached hydrogens (tertiary/aromatic N) is 1. The highest BCUT2D eigenvalue weighted by atomic mass is 35.5. The van der Waals surface area contributed by atoms with Crippen LogP contribution in [0.4, 0.5) is 10.1 Å². The van der Waals surface area contributed by atoms with Crippen molar-refractivity contribution in [2.24, 2.45) is 0 Å². The molecule has 2 aromatic rings. The van der Waals surface area contributed by atoms with Gasteiger partial charge in [0.2, 0.25) is 0 Å². The second-order valence-corrected chi connectivity index (χ2v) is 15.6. The Morgan fingerprint density at radius 2 is 1.53 bits per heavy atom. The van der Waals surface area contributed by atoms with Crippen LogP contribution in [0.5, 0.6) is 0 Å². The van der Waals surface area contributed by atoms with E-state index in [-0.39, 0.29) is 11.7 Å². The molecule has 0 aliphatic carbocycles. The second kappa shape index (κ2) is 8.68. The number of hydrogen-bond acceptors (Lipinski definition) is 1. The lowest BCUT2D eigenvalue weighted by molar-refractivity contribution is -0.113. The normalized spacial score (nSPS) is 16.1. The van der Waals surface area contributed by atoms with Gasteiger partial charge in [-0.25, -0.2) is 4.39 Å². The van der Waals surface area contributed by atoms with Crippen LogP contribution in [-0.4, -0.2) is 14.0 Å². The number of carbonyl (C=O) groups is 1. The van der Waals surface area contributed by atoms with Gasteiger partial charge in [-0.05, 0) is 40.4 Å². The Morgan fingerprint density at radius 1 is 0.967 bits per heavy atom. The van der Waals surface area contributed by atoms with Crippen molar-refractivity contribution >= 4 is 36.8 Å². The number of halogens is 2. The molecular formula is C25H31ClFNOSi. The topological polar surface area (TPSA) is 20.3 Å². The number of carbonyl (C=O) groups excluding carboxylic acids is 1. The maximum Gasteiger partial charge on any atom is 0.260 e. The van der Waals surface area contributed by atoms with Crippen molar-refractivity contribution in [2.75, 3.05) is 4.90 Å². The smallest absolute Gasteiger partial charge is 0.260 e. The van der Waals surface area contributed by atoms with Gasteiger partial charge in [0.05, 0.1) is 17.8 Å². The first-order chi connectivity index (χ1) is 14.1. The second-order valence-electron chi connectivity index (χ2n) is 9.12. The zero-order valence-corrected chi connectivity index (χ0v) is 20.4. The molecule has 0 spiro atoms. The van der Waals surface area contributed by atoms with E-state index in [1.165, 1.54) is 12.1 Å². The minimum absolute atomic E-state index is 0.122. The first-order valence-corrected chi connectivity index (χ1v) is 13.3. The fourth-order valence-electron chi connectivity index (χ4n) is 5.42. The van der Waals surface area contributed by atoms with Crippen LogP contribution in [0.15, 0.2) is 53.2 Å². The van der Waals surface area contributed by atoms with E-state index in [1.54, 1.807) is 11.0 Å². The van der Waals surface area contributed by atoms with E-state index in [1.807, 2.05) is 30.3 Å². The molecule has 30 heavy (non-hydrogen) atoms. The Labute approximate surface area is 185 Å². The molecule has 0 radical (unpaired) electrons. The Hall–Kier alpha value is -1.91. The molecule has 0 bridgehead atoms. The number of rotatable bonds is 6. The molecule has 0 saturated carbocycles. The average Bonchev–Trinajstić information content (AvgIpc) is 2.93. The molecular weight excluding hydrogens is 413 g/mol. The van der Waals surface area contributed by atoms with Gasteiger partial charge >= 0.3 is 0 Å². The Bertz CT molecular complexity index is 947. The zero-order chi connectivity index (χ0) is 22.2. The van der Waals surface area contributed by atoms with E-state index in [2.05, 4.69) is 41.5 Å². The molecule has 1 aliphatic heterocycles. The zero-order valence-electron chi connectivity index (χ0n) is 18.7. The van der Waals surface area contributed by atoms with Gasteiger partial charge in [0.25, 0.3) is 5.91 Å².